The van der Waals surface area contributed by atoms with E-state index in [4.69, 9.17) is 18.6 Å². The molecular weight excluding hydrogens is 859 g/mol. The average Bonchev–Trinajstić information content (AvgIpc) is 3.76. The Morgan fingerprint density at radius 1 is 0.712 bits per heavy atom. The first-order valence-electron chi connectivity index (χ1n) is 22.4. The summed E-state index contributed by atoms with van der Waals surface area (Å²) in [6.45, 7) is 7.30. The maximum Gasteiger partial charge on any atom is 0.351 e. The minimum absolute atomic E-state index is 0.00769. The van der Waals surface area contributed by atoms with Crippen LogP contribution in [-0.2, 0) is 13.9 Å². The molecule has 1 saturated heterocycles. The number of anilines is 1. The Morgan fingerprint density at radius 3 is 1.71 bits per heavy atom. The molecule has 3 atom stereocenters. The van der Waals surface area contributed by atoms with Crippen molar-refractivity contribution in [3.05, 3.63) is 215 Å². The highest BCUT2D eigenvalue weighted by Crippen LogP contribution is 2.51. The highest BCUT2D eigenvalue weighted by atomic mass is 32.2. The summed E-state index contributed by atoms with van der Waals surface area (Å²) >= 11 is 1.86. The number of amides is 1. The summed E-state index contributed by atoms with van der Waals surface area (Å²) in [5.41, 5.74) is 3.29. The Bertz CT molecular complexity index is 2630. The second-order valence-corrected chi connectivity index (χ2v) is 23.1. The van der Waals surface area contributed by atoms with Crippen LogP contribution in [0.3, 0.4) is 0 Å². The van der Waals surface area contributed by atoms with Gasteiger partial charge in [0.2, 0.25) is 0 Å². The maximum absolute atomic E-state index is 13.9. The van der Waals surface area contributed by atoms with Gasteiger partial charge in [0.05, 0.1) is 25.1 Å². The molecule has 0 radical (unpaired) electrons. The lowest BCUT2D eigenvalue weighted by atomic mass is 9.84. The lowest BCUT2D eigenvalue weighted by Gasteiger charge is -2.43. The van der Waals surface area contributed by atoms with Gasteiger partial charge in [-0.1, -0.05) is 154 Å². The molecule has 1 aliphatic rings. The van der Waals surface area contributed by atoms with Crippen molar-refractivity contribution in [1.29, 1.82) is 0 Å². The fraction of sp³-hybridized carbons (Fsp3) is 0.255. The first-order valence-corrected chi connectivity index (χ1v) is 25.3. The molecule has 66 heavy (non-hydrogen) atoms. The second kappa shape index (κ2) is 20.5. The summed E-state index contributed by atoms with van der Waals surface area (Å²) in [5.74, 6) is 2.06. The minimum Gasteiger partial charge on any atom is -0.497 e. The fourth-order valence-corrected chi connectivity index (χ4v) is 15.6. The van der Waals surface area contributed by atoms with Gasteiger partial charge in [-0.25, -0.2) is 4.79 Å². The molecule has 9 nitrogen and oxygen atoms in total. The largest absolute Gasteiger partial charge is 0.497 e. The number of methoxy groups -OCH3 is 2. The molecule has 1 aromatic heterocycles. The molecule has 8 rings (SSSR count). The van der Waals surface area contributed by atoms with Crippen LogP contribution in [0.5, 0.6) is 11.5 Å². The molecule has 0 saturated carbocycles. The molecule has 1 N–H and O–H groups in total. The van der Waals surface area contributed by atoms with Gasteiger partial charge in [0, 0.05) is 24.1 Å². The number of aromatic nitrogens is 2. The summed E-state index contributed by atoms with van der Waals surface area (Å²) in [6.07, 6.45) is 1.97. The van der Waals surface area contributed by atoms with Crippen LogP contribution in [0, 0.1) is 5.92 Å². The van der Waals surface area contributed by atoms with Gasteiger partial charge in [0.25, 0.3) is 14.2 Å². The van der Waals surface area contributed by atoms with Crippen molar-refractivity contribution in [1.82, 2.24) is 9.55 Å². The van der Waals surface area contributed by atoms with E-state index < -0.39 is 25.0 Å². The molecule has 0 spiro atoms. The number of ether oxygens (including phenoxy) is 3. The van der Waals surface area contributed by atoms with Crippen molar-refractivity contribution in [2.75, 3.05) is 31.9 Å². The number of nitrogens with zero attached hydrogens (tertiary/aromatic N) is 2. The van der Waals surface area contributed by atoms with E-state index in [-0.39, 0.29) is 28.8 Å². The van der Waals surface area contributed by atoms with E-state index in [0.29, 0.717) is 30.8 Å². The summed E-state index contributed by atoms with van der Waals surface area (Å²) in [4.78, 5) is 31.2. The van der Waals surface area contributed by atoms with Gasteiger partial charge >= 0.3 is 5.69 Å². The third-order valence-electron chi connectivity index (χ3n) is 12.6. The number of rotatable bonds is 17. The fourth-order valence-electron chi connectivity index (χ4n) is 9.31. The maximum atomic E-state index is 13.9. The number of thioether (sulfide) groups is 1. The smallest absolute Gasteiger partial charge is 0.351 e. The molecule has 7 aromatic rings. The van der Waals surface area contributed by atoms with Crippen molar-refractivity contribution in [2.24, 2.45) is 5.92 Å². The third-order valence-corrected chi connectivity index (χ3v) is 19.4. The summed E-state index contributed by atoms with van der Waals surface area (Å²) in [7, 11) is 0.508. The zero-order valence-corrected chi connectivity index (χ0v) is 39.9. The first kappa shape index (κ1) is 46.3. The van der Waals surface area contributed by atoms with Crippen molar-refractivity contribution in [3.63, 3.8) is 0 Å². The van der Waals surface area contributed by atoms with Crippen LogP contribution < -0.4 is 30.9 Å². The van der Waals surface area contributed by atoms with Gasteiger partial charge in [-0.15, -0.1) is 11.8 Å². The lowest BCUT2D eigenvalue weighted by Crippen LogP contribution is -2.66. The Morgan fingerprint density at radius 2 is 1.21 bits per heavy atom. The highest BCUT2D eigenvalue weighted by molar-refractivity contribution is 8.00. The van der Waals surface area contributed by atoms with Gasteiger partial charge in [-0.2, -0.15) is 4.98 Å². The van der Waals surface area contributed by atoms with Gasteiger partial charge in [0.1, 0.15) is 23.5 Å². The normalized spacial score (nSPS) is 16.4. The number of benzene rings is 6. The van der Waals surface area contributed by atoms with Gasteiger partial charge in [0.15, 0.2) is 0 Å². The molecule has 1 aliphatic heterocycles. The zero-order chi connectivity index (χ0) is 46.2. The monoisotopic (exact) mass is 915 g/mol. The third kappa shape index (κ3) is 9.66. The van der Waals surface area contributed by atoms with E-state index in [1.807, 2.05) is 48.2 Å². The zero-order valence-electron chi connectivity index (χ0n) is 38.1. The van der Waals surface area contributed by atoms with Crippen LogP contribution >= 0.6 is 11.8 Å². The van der Waals surface area contributed by atoms with Crippen LogP contribution in [0.2, 0.25) is 5.04 Å². The predicted octanol–water partition coefficient (Wildman–Crippen LogP) is 10.1. The Hall–Kier alpha value is -6.24. The second-order valence-electron chi connectivity index (χ2n) is 17.6. The van der Waals surface area contributed by atoms with Gasteiger partial charge in [-0.3, -0.25) is 9.36 Å². The SMILES string of the molecule is COc1ccc(C(SC[C@H]2C[C@H](n3ccc(NC(=O)c4ccccc4)nc3=O)O[C@@H]2CCO[Si](c2ccccc2)(c2ccccc2)C(C)(C)C)(c2ccccc2)c2ccc(OC)cc2)cc1. The quantitative estimate of drug-likeness (QED) is 0.0712. The Labute approximate surface area is 393 Å². The highest BCUT2D eigenvalue weighted by Gasteiger charge is 2.50. The van der Waals surface area contributed by atoms with Crippen LogP contribution in [0.25, 0.3) is 0 Å². The topological polar surface area (TPSA) is 101 Å². The van der Waals surface area contributed by atoms with E-state index in [0.717, 1.165) is 28.2 Å². The number of carbonyl (C=O) groups excluding carboxylic acids is 1. The van der Waals surface area contributed by atoms with Gasteiger partial charge < -0.3 is 24.0 Å². The summed E-state index contributed by atoms with van der Waals surface area (Å²) in [5, 5.41) is 5.00. The number of hydrogen-bond donors (Lipinski definition) is 1. The number of hydrogen-bond acceptors (Lipinski definition) is 8. The summed E-state index contributed by atoms with van der Waals surface area (Å²) < 4.78 is 26.6. The van der Waals surface area contributed by atoms with Crippen LogP contribution in [0.1, 0.15) is 66.9 Å². The molecule has 2 heterocycles. The molecule has 338 valence electrons. The molecule has 1 fully saturated rings. The van der Waals surface area contributed by atoms with E-state index in [2.05, 4.69) is 140 Å². The standard InChI is InChI=1S/C55H57N3O6SSi/c1-54(2,3)66(47-22-14-8-15-23-47,48-24-16-9-17-25-48)63-37-35-49-41(38-51(64-49)58-36-34-50(57-53(58)60)56-52(59)40-18-10-6-11-19-40)39-65-55(42-20-12-7-13-21-42,43-26-30-45(61-4)31-27-43)44-28-32-46(62-5)33-29-44/h6-34,36,41,49,51H,35,37-39H2,1-5H3,(H,56,57,59,60)/t41-,49-,51-/m1/s1. The minimum atomic E-state index is -2.86. The molecule has 0 unspecified atom stereocenters. The van der Waals surface area contributed by atoms with Crippen LogP contribution in [0.15, 0.2) is 187 Å². The molecule has 0 bridgehead atoms. The molecular formula is C55H57N3O6SSi. The average molecular weight is 916 g/mol. The first-order chi connectivity index (χ1) is 32.1. The molecule has 11 heteroatoms. The van der Waals surface area contributed by atoms with E-state index in [9.17, 15) is 9.59 Å². The van der Waals surface area contributed by atoms with Gasteiger partial charge in [-0.05, 0) is 93.3 Å². The number of carbonyl (C=O) groups is 1. The molecule has 6 aromatic carbocycles. The van der Waals surface area contributed by atoms with Crippen molar-refractivity contribution >= 4 is 42.2 Å². The predicted molar refractivity (Wildman–Crippen MR) is 268 cm³/mol. The van der Waals surface area contributed by atoms with Crippen LogP contribution in [0.4, 0.5) is 5.82 Å². The molecule has 0 aliphatic carbocycles. The van der Waals surface area contributed by atoms with E-state index in [1.54, 1.807) is 55.3 Å². The van der Waals surface area contributed by atoms with Crippen molar-refractivity contribution in [2.45, 2.75) is 55.7 Å². The van der Waals surface area contributed by atoms with Crippen molar-refractivity contribution < 1.29 is 23.4 Å². The molecule has 1 amide bonds. The van der Waals surface area contributed by atoms with E-state index in [1.165, 1.54) is 10.4 Å². The Kier molecular flexibility index (Phi) is 14.4. The summed E-state index contributed by atoms with van der Waals surface area (Å²) in [6, 6.07) is 59.1. The van der Waals surface area contributed by atoms with E-state index >= 15 is 0 Å². The van der Waals surface area contributed by atoms with Crippen molar-refractivity contribution in [3.8, 4) is 11.5 Å². The van der Waals surface area contributed by atoms with Crippen LogP contribution in [-0.4, -0.2) is 56.5 Å². The lowest BCUT2D eigenvalue weighted by molar-refractivity contribution is -0.0150. The number of nitrogens with one attached hydrogen (secondary N) is 1. The Balaban J connectivity index is 1.15.